The van der Waals surface area contributed by atoms with Crippen molar-refractivity contribution in [3.05, 3.63) is 58.3 Å². The van der Waals surface area contributed by atoms with Gasteiger partial charge in [0.05, 0.1) is 12.2 Å². The van der Waals surface area contributed by atoms with Gasteiger partial charge in [0.25, 0.3) is 0 Å². The fourth-order valence-electron chi connectivity index (χ4n) is 1.72. The van der Waals surface area contributed by atoms with Gasteiger partial charge in [0.2, 0.25) is 5.91 Å². The van der Waals surface area contributed by atoms with E-state index in [0.29, 0.717) is 11.4 Å². The Morgan fingerprint density at radius 1 is 1.20 bits per heavy atom. The second kappa shape index (κ2) is 6.52. The highest BCUT2D eigenvalue weighted by Gasteiger charge is 2.06. The molecule has 1 amide bonds. The normalized spacial score (nSPS) is 10.2. The van der Waals surface area contributed by atoms with E-state index >= 15 is 0 Å². The van der Waals surface area contributed by atoms with E-state index in [2.05, 4.69) is 26.6 Å². The largest absolute Gasteiger partial charge is 0.376 e. The van der Waals surface area contributed by atoms with E-state index in [9.17, 15) is 9.18 Å². The maximum absolute atomic E-state index is 13.1. The monoisotopic (exact) mass is 336 g/mol. The van der Waals surface area contributed by atoms with Gasteiger partial charge in [0.1, 0.15) is 5.82 Å². The summed E-state index contributed by atoms with van der Waals surface area (Å²) in [7, 11) is 0. The number of carbonyl (C=O) groups excluding carboxylic acids is 1. The molecular formula is C15H14BrFN2O. The van der Waals surface area contributed by atoms with Crippen LogP contribution >= 0.6 is 15.9 Å². The molecule has 0 heterocycles. The van der Waals surface area contributed by atoms with Crippen LogP contribution in [0.4, 0.5) is 15.8 Å². The quantitative estimate of drug-likeness (QED) is 0.887. The lowest BCUT2D eigenvalue weighted by molar-refractivity contribution is -0.114. The van der Waals surface area contributed by atoms with E-state index in [1.165, 1.54) is 12.1 Å². The molecule has 2 N–H and O–H groups in total. The molecule has 0 spiro atoms. The summed E-state index contributed by atoms with van der Waals surface area (Å²) in [5.74, 6) is -0.523. The van der Waals surface area contributed by atoms with E-state index in [0.717, 1.165) is 10.0 Å². The van der Waals surface area contributed by atoms with E-state index < -0.39 is 0 Å². The molecule has 2 aromatic rings. The number of amides is 1. The first-order chi connectivity index (χ1) is 9.56. The molecule has 0 saturated carbocycles. The fraction of sp³-hybridized carbons (Fsp3) is 0.133. The van der Waals surface area contributed by atoms with Gasteiger partial charge in [-0.15, -0.1) is 0 Å². The van der Waals surface area contributed by atoms with Gasteiger partial charge in [0, 0.05) is 10.2 Å². The molecule has 0 unspecified atom stereocenters. The number of rotatable bonds is 4. The van der Waals surface area contributed by atoms with E-state index in [1.54, 1.807) is 12.1 Å². The van der Waals surface area contributed by atoms with Crippen molar-refractivity contribution in [3.63, 3.8) is 0 Å². The molecule has 20 heavy (non-hydrogen) atoms. The summed E-state index contributed by atoms with van der Waals surface area (Å²) in [4.78, 5) is 11.8. The van der Waals surface area contributed by atoms with Crippen molar-refractivity contribution in [2.45, 2.75) is 6.92 Å². The highest BCUT2D eigenvalue weighted by Crippen LogP contribution is 2.21. The third kappa shape index (κ3) is 3.81. The number of hydrogen-bond acceptors (Lipinski definition) is 2. The Labute approximate surface area is 125 Å². The topological polar surface area (TPSA) is 41.1 Å². The van der Waals surface area contributed by atoms with Crippen molar-refractivity contribution in [1.29, 1.82) is 0 Å². The molecule has 2 aromatic carbocycles. The summed E-state index contributed by atoms with van der Waals surface area (Å²) < 4.78 is 13.9. The van der Waals surface area contributed by atoms with Gasteiger partial charge in [-0.2, -0.15) is 0 Å². The molecule has 0 fully saturated rings. The van der Waals surface area contributed by atoms with Crippen molar-refractivity contribution in [2.24, 2.45) is 0 Å². The molecule has 0 radical (unpaired) electrons. The van der Waals surface area contributed by atoms with Crippen LogP contribution in [0.25, 0.3) is 0 Å². The predicted octanol–water partition coefficient (Wildman–Crippen LogP) is 3.95. The van der Waals surface area contributed by atoms with Gasteiger partial charge in [0.15, 0.2) is 0 Å². The predicted molar refractivity (Wildman–Crippen MR) is 82.4 cm³/mol. The lowest BCUT2D eigenvalue weighted by atomic mass is 10.2. The van der Waals surface area contributed by atoms with Gasteiger partial charge in [-0.1, -0.05) is 18.2 Å². The van der Waals surface area contributed by atoms with Crippen LogP contribution in [0.5, 0.6) is 0 Å². The van der Waals surface area contributed by atoms with Crippen molar-refractivity contribution < 1.29 is 9.18 Å². The van der Waals surface area contributed by atoms with Gasteiger partial charge in [-0.05, 0) is 52.7 Å². The molecule has 0 aliphatic carbocycles. The molecule has 0 aromatic heterocycles. The summed E-state index contributed by atoms with van der Waals surface area (Å²) >= 11 is 3.36. The van der Waals surface area contributed by atoms with Crippen LogP contribution in [0.3, 0.4) is 0 Å². The van der Waals surface area contributed by atoms with Crippen LogP contribution in [-0.2, 0) is 4.79 Å². The first kappa shape index (κ1) is 14.5. The third-order valence-electron chi connectivity index (χ3n) is 2.79. The first-order valence-electron chi connectivity index (χ1n) is 6.10. The summed E-state index contributed by atoms with van der Waals surface area (Å²) in [6, 6.07) is 11.8. The van der Waals surface area contributed by atoms with E-state index in [4.69, 9.17) is 0 Å². The minimum absolute atomic E-state index is 0.0750. The highest BCUT2D eigenvalue weighted by atomic mass is 79.9. The number of hydrogen-bond donors (Lipinski definition) is 2. The van der Waals surface area contributed by atoms with Crippen LogP contribution in [-0.4, -0.2) is 12.5 Å². The second-order valence-electron chi connectivity index (χ2n) is 4.34. The lowest BCUT2D eigenvalue weighted by Crippen LogP contribution is -2.22. The Morgan fingerprint density at radius 3 is 2.70 bits per heavy atom. The number of benzene rings is 2. The van der Waals surface area contributed by atoms with Crippen molar-refractivity contribution in [3.8, 4) is 0 Å². The molecule has 2 rings (SSSR count). The van der Waals surface area contributed by atoms with Crippen LogP contribution < -0.4 is 10.6 Å². The molecule has 3 nitrogen and oxygen atoms in total. The van der Waals surface area contributed by atoms with Gasteiger partial charge in [-0.3, -0.25) is 4.79 Å². The van der Waals surface area contributed by atoms with Crippen LogP contribution in [0, 0.1) is 12.7 Å². The van der Waals surface area contributed by atoms with E-state index in [-0.39, 0.29) is 18.3 Å². The standard InChI is InChI=1S/C15H14BrFN2O/c1-10-6-7-11(17)8-14(10)18-9-15(20)19-13-5-3-2-4-12(13)16/h2-8,18H,9H2,1H3,(H,19,20). The summed E-state index contributed by atoms with van der Waals surface area (Å²) in [5, 5.41) is 5.70. The van der Waals surface area contributed by atoms with Crippen molar-refractivity contribution >= 4 is 33.2 Å². The maximum Gasteiger partial charge on any atom is 0.243 e. The van der Waals surface area contributed by atoms with Crippen LogP contribution in [0.1, 0.15) is 5.56 Å². The first-order valence-corrected chi connectivity index (χ1v) is 6.90. The number of halogens is 2. The number of carbonyl (C=O) groups is 1. The Kier molecular flexibility index (Phi) is 4.74. The number of aryl methyl sites for hydroxylation is 1. The maximum atomic E-state index is 13.1. The average Bonchev–Trinajstić information content (AvgIpc) is 2.42. The zero-order chi connectivity index (χ0) is 14.5. The zero-order valence-corrected chi connectivity index (χ0v) is 12.5. The molecule has 104 valence electrons. The van der Waals surface area contributed by atoms with Gasteiger partial charge >= 0.3 is 0 Å². The number of anilines is 2. The molecule has 0 bridgehead atoms. The van der Waals surface area contributed by atoms with E-state index in [1.807, 2.05) is 25.1 Å². The van der Waals surface area contributed by atoms with Crippen LogP contribution in [0.15, 0.2) is 46.9 Å². The molecule has 0 atom stereocenters. The molecular weight excluding hydrogens is 323 g/mol. The lowest BCUT2D eigenvalue weighted by Gasteiger charge is -2.11. The fourth-order valence-corrected chi connectivity index (χ4v) is 2.10. The second-order valence-corrected chi connectivity index (χ2v) is 5.20. The highest BCUT2D eigenvalue weighted by molar-refractivity contribution is 9.10. The molecule has 5 heteroatoms. The summed E-state index contributed by atoms with van der Waals surface area (Å²) in [6.45, 7) is 1.93. The van der Waals surface area contributed by atoms with Gasteiger partial charge < -0.3 is 10.6 Å². The Morgan fingerprint density at radius 2 is 1.95 bits per heavy atom. The average molecular weight is 337 g/mol. The SMILES string of the molecule is Cc1ccc(F)cc1NCC(=O)Nc1ccccc1Br. The summed E-state index contributed by atoms with van der Waals surface area (Å²) in [5.41, 5.74) is 2.21. The molecule has 0 aliphatic heterocycles. The smallest absolute Gasteiger partial charge is 0.243 e. The van der Waals surface area contributed by atoms with Crippen molar-refractivity contribution in [1.82, 2.24) is 0 Å². The minimum Gasteiger partial charge on any atom is -0.376 e. The number of para-hydroxylation sites is 1. The third-order valence-corrected chi connectivity index (χ3v) is 3.48. The van der Waals surface area contributed by atoms with Crippen LogP contribution in [0.2, 0.25) is 0 Å². The zero-order valence-electron chi connectivity index (χ0n) is 10.9. The van der Waals surface area contributed by atoms with Crippen molar-refractivity contribution in [2.75, 3.05) is 17.2 Å². The van der Waals surface area contributed by atoms with Gasteiger partial charge in [-0.25, -0.2) is 4.39 Å². The molecule has 0 saturated heterocycles. The minimum atomic E-state index is -0.329. The Hall–Kier alpha value is -1.88. The molecule has 0 aliphatic rings. The summed E-state index contributed by atoms with van der Waals surface area (Å²) in [6.07, 6.45) is 0. The Bertz CT molecular complexity index is 631. The Balaban J connectivity index is 1.96. The number of nitrogens with one attached hydrogen (secondary N) is 2.